The summed E-state index contributed by atoms with van der Waals surface area (Å²) in [7, 11) is 0. The van der Waals surface area contributed by atoms with Gasteiger partial charge in [0.15, 0.2) is 6.61 Å². The molecule has 12 heavy (non-hydrogen) atoms. The van der Waals surface area contributed by atoms with Gasteiger partial charge in [-0.05, 0) is 0 Å². The van der Waals surface area contributed by atoms with Crippen molar-refractivity contribution >= 4 is 5.97 Å². The van der Waals surface area contributed by atoms with Gasteiger partial charge in [0.05, 0.1) is 6.26 Å². The molecule has 5 nitrogen and oxygen atoms in total. The first-order valence-corrected chi connectivity index (χ1v) is 3.53. The van der Waals surface area contributed by atoms with Gasteiger partial charge in [0.1, 0.15) is 0 Å². The molecule has 0 spiro atoms. The summed E-state index contributed by atoms with van der Waals surface area (Å²) < 4.78 is 9.34. The predicted molar refractivity (Wildman–Crippen MR) is 37.4 cm³/mol. The third-order valence-corrected chi connectivity index (χ3v) is 1.33. The Morgan fingerprint density at radius 1 is 1.67 bits per heavy atom. The van der Waals surface area contributed by atoms with Crippen molar-refractivity contribution in [1.82, 2.24) is 0 Å². The summed E-state index contributed by atoms with van der Waals surface area (Å²) >= 11 is 0. The van der Waals surface area contributed by atoms with E-state index in [4.69, 9.17) is 4.74 Å². The summed E-state index contributed by atoms with van der Waals surface area (Å²) in [6.45, 7) is 4.82. The molecule has 1 saturated heterocycles. The molecule has 1 rings (SSSR count). The van der Waals surface area contributed by atoms with Gasteiger partial charge in [0.25, 0.3) is 0 Å². The van der Waals surface area contributed by atoms with Gasteiger partial charge in [-0.15, -0.1) is 0 Å². The normalized spacial score (nSPS) is 18.4. The van der Waals surface area contributed by atoms with Gasteiger partial charge in [-0.2, -0.15) is 9.78 Å². The second-order valence-electron chi connectivity index (χ2n) is 2.15. The lowest BCUT2D eigenvalue weighted by atomic mass is 10.4. The number of rotatable bonds is 5. The van der Waals surface area contributed by atoms with E-state index in [-0.39, 0.29) is 6.61 Å². The van der Waals surface area contributed by atoms with Crippen molar-refractivity contribution in [1.29, 1.82) is 0 Å². The third kappa shape index (κ3) is 2.30. The fourth-order valence-corrected chi connectivity index (χ4v) is 0.610. The molecule has 0 bridgehead atoms. The lowest BCUT2D eigenvalue weighted by Gasteiger charge is -2.03. The van der Waals surface area contributed by atoms with Crippen molar-refractivity contribution in [2.45, 2.75) is 19.3 Å². The van der Waals surface area contributed by atoms with Crippen LogP contribution in [0.25, 0.3) is 0 Å². The third-order valence-electron chi connectivity index (χ3n) is 1.33. The maximum atomic E-state index is 10.7. The Morgan fingerprint density at radius 3 is 2.75 bits per heavy atom. The van der Waals surface area contributed by atoms with E-state index in [0.29, 0.717) is 6.42 Å². The van der Waals surface area contributed by atoms with Crippen LogP contribution in [0.3, 0.4) is 0 Å². The summed E-state index contributed by atoms with van der Waals surface area (Å²) in [6.07, 6.45) is 1.56. The van der Waals surface area contributed by atoms with E-state index >= 15 is 0 Å². The van der Waals surface area contributed by atoms with Crippen LogP contribution in [0.1, 0.15) is 13.3 Å². The van der Waals surface area contributed by atoms with Crippen LogP contribution in [-0.4, -0.2) is 18.5 Å². The minimum Gasteiger partial charge on any atom is -0.433 e. The maximum Gasteiger partial charge on any atom is 0.340 e. The first kappa shape index (κ1) is 9.18. The van der Waals surface area contributed by atoms with Crippen molar-refractivity contribution in [3.05, 3.63) is 12.8 Å². The van der Waals surface area contributed by atoms with Crippen molar-refractivity contribution in [3.63, 3.8) is 0 Å². The van der Waals surface area contributed by atoms with Crippen molar-refractivity contribution in [2.24, 2.45) is 0 Å². The zero-order chi connectivity index (χ0) is 9.03. The fraction of sp³-hybridized carbons (Fsp3) is 0.571. The largest absolute Gasteiger partial charge is 0.433 e. The first-order valence-electron chi connectivity index (χ1n) is 3.53. The topological polar surface area (TPSA) is 60.6 Å². The molecule has 1 aliphatic rings. The molecule has 0 N–H and O–H groups in total. The van der Waals surface area contributed by atoms with E-state index in [1.165, 1.54) is 0 Å². The second-order valence-corrected chi connectivity index (χ2v) is 2.15. The van der Waals surface area contributed by atoms with Crippen LogP contribution in [0.5, 0.6) is 0 Å². The Hall–Kier alpha value is -0.910. The quantitative estimate of drug-likeness (QED) is 0.266. The van der Waals surface area contributed by atoms with Crippen LogP contribution in [0.2, 0.25) is 0 Å². The van der Waals surface area contributed by atoms with Gasteiger partial charge >= 0.3 is 11.9 Å². The van der Waals surface area contributed by atoms with Crippen LogP contribution in [0.4, 0.5) is 0 Å². The highest BCUT2D eigenvalue weighted by Gasteiger charge is 2.49. The number of esters is 1. The van der Waals surface area contributed by atoms with Crippen LogP contribution < -0.4 is 0 Å². The molecule has 0 amide bonds. The monoisotopic (exact) mass is 174 g/mol. The fourth-order valence-electron chi connectivity index (χ4n) is 0.610. The molecule has 68 valence electrons. The SMILES string of the molecule is C=COC(=O)COC1(CC)OO1. The molecule has 1 fully saturated rings. The number of carbonyl (C=O) groups is 1. The van der Waals surface area contributed by atoms with Crippen LogP contribution in [-0.2, 0) is 24.0 Å². The van der Waals surface area contributed by atoms with Gasteiger partial charge in [0, 0.05) is 6.42 Å². The zero-order valence-corrected chi connectivity index (χ0v) is 6.74. The molecular formula is C7H10O5. The van der Waals surface area contributed by atoms with Crippen molar-refractivity contribution in [3.8, 4) is 0 Å². The van der Waals surface area contributed by atoms with E-state index in [0.717, 1.165) is 6.26 Å². The minimum absolute atomic E-state index is 0.208. The molecule has 0 aliphatic carbocycles. The average Bonchev–Trinajstić information content (AvgIpc) is 2.82. The van der Waals surface area contributed by atoms with Crippen LogP contribution >= 0.6 is 0 Å². The van der Waals surface area contributed by atoms with E-state index in [1.807, 2.05) is 6.92 Å². The highest BCUT2D eigenvalue weighted by molar-refractivity contribution is 5.71. The first-order chi connectivity index (χ1) is 5.72. The van der Waals surface area contributed by atoms with Gasteiger partial charge in [-0.1, -0.05) is 13.5 Å². The van der Waals surface area contributed by atoms with E-state index < -0.39 is 11.9 Å². The summed E-state index contributed by atoms with van der Waals surface area (Å²) in [5.74, 6) is -1.54. The highest BCUT2D eigenvalue weighted by Crippen LogP contribution is 2.33. The number of hydrogen-bond acceptors (Lipinski definition) is 5. The van der Waals surface area contributed by atoms with Crippen molar-refractivity contribution in [2.75, 3.05) is 6.61 Å². The van der Waals surface area contributed by atoms with Crippen LogP contribution in [0.15, 0.2) is 12.8 Å². The summed E-state index contributed by atoms with van der Waals surface area (Å²) in [5, 5.41) is 0. The Bertz CT molecular complexity index is 184. The zero-order valence-electron chi connectivity index (χ0n) is 6.74. The molecular weight excluding hydrogens is 164 g/mol. The Balaban J connectivity index is 2.16. The number of carbonyl (C=O) groups excluding carboxylic acids is 1. The average molecular weight is 174 g/mol. The molecule has 1 heterocycles. The Morgan fingerprint density at radius 2 is 2.33 bits per heavy atom. The van der Waals surface area contributed by atoms with Crippen molar-refractivity contribution < 1.29 is 24.0 Å². The van der Waals surface area contributed by atoms with E-state index in [1.54, 1.807) is 0 Å². The van der Waals surface area contributed by atoms with Gasteiger partial charge in [0.2, 0.25) is 0 Å². The number of hydrogen-bond donors (Lipinski definition) is 0. The molecule has 5 heteroatoms. The smallest absolute Gasteiger partial charge is 0.340 e. The molecule has 0 aromatic rings. The molecule has 0 atom stereocenters. The van der Waals surface area contributed by atoms with E-state index in [2.05, 4.69) is 21.1 Å². The Kier molecular flexibility index (Phi) is 2.80. The lowest BCUT2D eigenvalue weighted by Crippen LogP contribution is -2.20. The summed E-state index contributed by atoms with van der Waals surface area (Å²) in [6, 6.07) is 0. The molecule has 0 aromatic heterocycles. The molecule has 0 unspecified atom stereocenters. The Labute approximate surface area is 69.8 Å². The van der Waals surface area contributed by atoms with Crippen LogP contribution in [0, 0.1) is 0 Å². The van der Waals surface area contributed by atoms with E-state index in [9.17, 15) is 4.79 Å². The molecule has 1 aliphatic heterocycles. The lowest BCUT2D eigenvalue weighted by molar-refractivity contribution is -0.152. The molecule has 0 saturated carbocycles. The van der Waals surface area contributed by atoms with Gasteiger partial charge in [-0.3, -0.25) is 0 Å². The molecule has 0 radical (unpaired) electrons. The maximum absolute atomic E-state index is 10.7. The summed E-state index contributed by atoms with van der Waals surface area (Å²) in [4.78, 5) is 19.7. The van der Waals surface area contributed by atoms with Gasteiger partial charge in [-0.25, -0.2) is 4.79 Å². The minimum atomic E-state index is -1.01. The predicted octanol–water partition coefficient (Wildman–Crippen LogP) is 0.715. The van der Waals surface area contributed by atoms with Gasteiger partial charge < -0.3 is 9.47 Å². The standard InChI is InChI=1S/C7H10O5/c1-3-7(11-12-7)10-5-6(8)9-4-2/h4H,2-3,5H2,1H3. The second kappa shape index (κ2) is 3.66. The molecule has 0 aromatic carbocycles. The highest BCUT2D eigenvalue weighted by atomic mass is 17.4. The number of ether oxygens (including phenoxy) is 2. The summed E-state index contributed by atoms with van der Waals surface area (Å²) in [5.41, 5.74) is 0.